The van der Waals surface area contributed by atoms with E-state index in [1.807, 2.05) is 0 Å². The minimum atomic E-state index is -0.919. The fraction of sp³-hybridized carbons (Fsp3) is 0.881. The lowest BCUT2D eigenvalue weighted by molar-refractivity contribution is -0.304. The van der Waals surface area contributed by atoms with Gasteiger partial charge in [-0.15, -0.1) is 0 Å². The smallest absolute Gasteiger partial charge is 0.303 e. The van der Waals surface area contributed by atoms with Crippen LogP contribution in [0.25, 0.3) is 0 Å². The molecule has 0 aromatic rings. The first-order valence-corrected chi connectivity index (χ1v) is 19.9. The van der Waals surface area contributed by atoms with Crippen LogP contribution in [-0.4, -0.2) is 66.9 Å². The summed E-state index contributed by atoms with van der Waals surface area (Å²) in [5.41, 5.74) is 1.81. The number of aliphatic hydroxyl groups is 1. The second-order valence-electron chi connectivity index (χ2n) is 19.1. The van der Waals surface area contributed by atoms with Gasteiger partial charge in [0, 0.05) is 33.8 Å². The molecule has 1 N–H and O–H groups in total. The van der Waals surface area contributed by atoms with Gasteiger partial charge >= 0.3 is 17.9 Å². The van der Waals surface area contributed by atoms with Crippen molar-refractivity contribution in [2.24, 2.45) is 56.7 Å². The molecular weight excluding hydrogens is 648 g/mol. The predicted molar refractivity (Wildman–Crippen MR) is 192 cm³/mol. The fourth-order valence-corrected chi connectivity index (χ4v) is 13.9. The van der Waals surface area contributed by atoms with Crippen molar-refractivity contribution in [3.63, 3.8) is 0 Å². The SMILES string of the molecule is C=C(C)[C@@H]1CC[C@]2(CO)CC[C@]3(C)[C@H](CC[C@@H]4[C@@]5(C)CC[C@H](O[C@H]6C[C@H](OC(C)=O)[C@@H](OC(C)=O)[C@H](COC(C)=O)O6)C(C)(C)[C@@H]5CC[C@]43C)[C@@H]12. The molecule has 0 aromatic heterocycles. The standard InChI is InChI=1S/C42H66O9/c1-24(2)28-13-18-42(23-43)20-19-40(9)29(36(28)42)11-12-33-39(8)16-15-34(38(6,7)32(39)14-17-41(33,40)10)51-35-21-30(48-26(4)45)37(49-27(5)46)31(50-35)22-47-25(3)44/h28-37,43H,1,11-23H2,2-10H3/t28-,29+,30-,31-,32-,33+,34-,35-,36+,37+,39-,40+,41+,42+/m0/s1. The number of hydrogen-bond donors (Lipinski definition) is 1. The normalized spacial score (nSPS) is 47.1. The lowest BCUT2D eigenvalue weighted by Crippen LogP contribution is -2.67. The van der Waals surface area contributed by atoms with E-state index in [0.717, 1.165) is 32.1 Å². The van der Waals surface area contributed by atoms with E-state index in [4.69, 9.17) is 23.7 Å². The highest BCUT2D eigenvalue weighted by Crippen LogP contribution is 2.77. The number of esters is 3. The van der Waals surface area contributed by atoms with Crippen LogP contribution >= 0.6 is 0 Å². The fourth-order valence-electron chi connectivity index (χ4n) is 13.9. The molecule has 0 aromatic carbocycles. The van der Waals surface area contributed by atoms with E-state index in [1.54, 1.807) is 0 Å². The first-order chi connectivity index (χ1) is 23.8. The van der Waals surface area contributed by atoms with Crippen molar-refractivity contribution < 1.29 is 43.2 Å². The molecule has 6 rings (SSSR count). The van der Waals surface area contributed by atoms with Crippen molar-refractivity contribution in [3.05, 3.63) is 12.2 Å². The first-order valence-electron chi connectivity index (χ1n) is 19.9. The predicted octanol–water partition coefficient (Wildman–Crippen LogP) is 7.56. The van der Waals surface area contributed by atoms with Gasteiger partial charge in [-0.1, -0.05) is 46.8 Å². The van der Waals surface area contributed by atoms with Crippen molar-refractivity contribution in [1.82, 2.24) is 0 Å². The highest BCUT2D eigenvalue weighted by atomic mass is 16.7. The number of rotatable bonds is 8. The number of carbonyl (C=O) groups is 3. The number of ether oxygens (including phenoxy) is 5. The van der Waals surface area contributed by atoms with E-state index in [1.165, 1.54) is 58.4 Å². The Labute approximate surface area is 306 Å². The maximum Gasteiger partial charge on any atom is 0.303 e. The minimum Gasteiger partial charge on any atom is -0.463 e. The quantitative estimate of drug-likeness (QED) is 0.118. The third kappa shape index (κ3) is 6.31. The van der Waals surface area contributed by atoms with Gasteiger partial charge in [0.2, 0.25) is 0 Å². The molecule has 1 aliphatic heterocycles. The summed E-state index contributed by atoms with van der Waals surface area (Å²) in [5, 5.41) is 10.9. The number of carbonyl (C=O) groups excluding carboxylic acids is 3. The summed E-state index contributed by atoms with van der Waals surface area (Å²) in [6, 6.07) is 0. The second kappa shape index (κ2) is 13.7. The monoisotopic (exact) mass is 714 g/mol. The summed E-state index contributed by atoms with van der Waals surface area (Å²) in [4.78, 5) is 35.9. The highest BCUT2D eigenvalue weighted by Gasteiger charge is 2.71. The maximum atomic E-state index is 12.1. The molecule has 0 spiro atoms. The van der Waals surface area contributed by atoms with Crippen molar-refractivity contribution in [1.29, 1.82) is 0 Å². The molecular formula is C42H66O9. The van der Waals surface area contributed by atoms with Gasteiger partial charge in [-0.25, -0.2) is 0 Å². The van der Waals surface area contributed by atoms with E-state index in [0.29, 0.717) is 36.2 Å². The molecule has 9 nitrogen and oxygen atoms in total. The Hall–Kier alpha value is -1.97. The molecule has 5 aliphatic carbocycles. The molecule has 0 amide bonds. The van der Waals surface area contributed by atoms with Crippen molar-refractivity contribution >= 4 is 17.9 Å². The number of aliphatic hydroxyl groups excluding tert-OH is 1. The molecule has 1 heterocycles. The zero-order chi connectivity index (χ0) is 37.3. The van der Waals surface area contributed by atoms with Crippen molar-refractivity contribution in [2.75, 3.05) is 13.2 Å². The molecule has 0 unspecified atom stereocenters. The van der Waals surface area contributed by atoms with Crippen LogP contribution in [0.15, 0.2) is 12.2 Å². The van der Waals surface area contributed by atoms with Gasteiger partial charge in [-0.3, -0.25) is 14.4 Å². The Balaban J connectivity index is 1.23. The minimum absolute atomic E-state index is 0.0561. The number of allylic oxidation sites excluding steroid dienone is 1. The highest BCUT2D eigenvalue weighted by molar-refractivity contribution is 5.67. The molecule has 51 heavy (non-hydrogen) atoms. The second-order valence-corrected chi connectivity index (χ2v) is 19.1. The number of fused-ring (bicyclic) bond motifs is 7. The Morgan fingerprint density at radius 2 is 1.49 bits per heavy atom. The summed E-state index contributed by atoms with van der Waals surface area (Å²) in [7, 11) is 0. The lowest BCUT2D eigenvalue weighted by Gasteiger charge is -2.73. The van der Waals surface area contributed by atoms with E-state index < -0.39 is 42.5 Å². The molecule has 1 saturated heterocycles. The van der Waals surface area contributed by atoms with Crippen LogP contribution in [0.1, 0.15) is 133 Å². The van der Waals surface area contributed by atoms with Gasteiger partial charge in [0.05, 0.1) is 6.10 Å². The molecule has 14 atom stereocenters. The largest absolute Gasteiger partial charge is 0.463 e. The topological polar surface area (TPSA) is 118 Å². The van der Waals surface area contributed by atoms with Gasteiger partial charge in [0.1, 0.15) is 18.8 Å². The first kappa shape index (κ1) is 38.7. The van der Waals surface area contributed by atoms with Gasteiger partial charge in [0.15, 0.2) is 12.4 Å². The van der Waals surface area contributed by atoms with Crippen LogP contribution in [0.4, 0.5) is 0 Å². The molecule has 0 bridgehead atoms. The van der Waals surface area contributed by atoms with E-state index >= 15 is 0 Å². The number of hydrogen-bond acceptors (Lipinski definition) is 9. The van der Waals surface area contributed by atoms with Crippen LogP contribution in [0.5, 0.6) is 0 Å². The molecule has 9 heteroatoms. The van der Waals surface area contributed by atoms with E-state index in [-0.39, 0.29) is 46.2 Å². The van der Waals surface area contributed by atoms with Crippen LogP contribution in [0.2, 0.25) is 0 Å². The average molecular weight is 715 g/mol. The maximum absolute atomic E-state index is 12.1. The third-order valence-electron chi connectivity index (χ3n) is 16.4. The summed E-state index contributed by atoms with van der Waals surface area (Å²) < 4.78 is 29.8. The Kier molecular flexibility index (Phi) is 10.4. The van der Waals surface area contributed by atoms with E-state index in [9.17, 15) is 19.5 Å². The molecule has 6 fully saturated rings. The van der Waals surface area contributed by atoms with Crippen molar-refractivity contribution in [2.45, 2.75) is 164 Å². The lowest BCUT2D eigenvalue weighted by atomic mass is 9.32. The summed E-state index contributed by atoms with van der Waals surface area (Å²) in [6.45, 7) is 23.4. The Morgan fingerprint density at radius 3 is 2.12 bits per heavy atom. The third-order valence-corrected chi connectivity index (χ3v) is 16.4. The molecule has 0 radical (unpaired) electrons. The van der Waals surface area contributed by atoms with Crippen LogP contribution in [0.3, 0.4) is 0 Å². The Bertz CT molecular complexity index is 1380. The molecule has 288 valence electrons. The van der Waals surface area contributed by atoms with Crippen LogP contribution in [0, 0.1) is 56.7 Å². The summed E-state index contributed by atoms with van der Waals surface area (Å²) in [5.74, 6) is 1.21. The van der Waals surface area contributed by atoms with Crippen LogP contribution < -0.4 is 0 Å². The van der Waals surface area contributed by atoms with Gasteiger partial charge in [0.25, 0.3) is 0 Å². The molecule has 5 saturated carbocycles. The zero-order valence-corrected chi connectivity index (χ0v) is 32.9. The van der Waals surface area contributed by atoms with Gasteiger partial charge < -0.3 is 28.8 Å². The Morgan fingerprint density at radius 1 is 0.784 bits per heavy atom. The van der Waals surface area contributed by atoms with Crippen LogP contribution in [-0.2, 0) is 38.1 Å². The summed E-state index contributed by atoms with van der Waals surface area (Å²) >= 11 is 0. The molecule has 6 aliphatic rings. The zero-order valence-electron chi connectivity index (χ0n) is 32.9. The van der Waals surface area contributed by atoms with E-state index in [2.05, 4.69) is 48.1 Å². The van der Waals surface area contributed by atoms with Gasteiger partial charge in [-0.2, -0.15) is 0 Å². The average Bonchev–Trinajstić information content (AvgIpc) is 3.43. The summed E-state index contributed by atoms with van der Waals surface area (Å²) in [6.07, 6.45) is 8.24. The van der Waals surface area contributed by atoms with Gasteiger partial charge in [-0.05, 0) is 128 Å². The van der Waals surface area contributed by atoms with Crippen molar-refractivity contribution in [3.8, 4) is 0 Å².